The number of aromatic nitrogens is 4. The van der Waals surface area contributed by atoms with Crippen LogP contribution in [0.3, 0.4) is 0 Å². The first-order valence-electron chi connectivity index (χ1n) is 10.8. The van der Waals surface area contributed by atoms with Crippen LogP contribution in [0.15, 0.2) is 41.2 Å². The van der Waals surface area contributed by atoms with Gasteiger partial charge < -0.3 is 15.7 Å². The number of hydrogen-bond acceptors (Lipinski definition) is 3. The number of nitrogens with one attached hydrogen (secondary N) is 2. The van der Waals surface area contributed by atoms with Crippen LogP contribution in [0.4, 0.5) is 0 Å². The van der Waals surface area contributed by atoms with Crippen LogP contribution in [0.25, 0.3) is 22.1 Å². The molecule has 0 aliphatic carbocycles. The monoisotopic (exact) mass is 405 g/mol. The van der Waals surface area contributed by atoms with Crippen molar-refractivity contribution in [2.75, 3.05) is 0 Å². The molecule has 4 aromatic rings. The molecule has 158 valence electrons. The second kappa shape index (κ2) is 8.11. The minimum absolute atomic E-state index is 0.0612. The lowest BCUT2D eigenvalue weighted by molar-refractivity contribution is 0.521. The zero-order valence-corrected chi connectivity index (χ0v) is 18.2. The summed E-state index contributed by atoms with van der Waals surface area (Å²) in [6.07, 6.45) is 2.08. The third-order valence-corrected chi connectivity index (χ3v) is 5.82. The van der Waals surface area contributed by atoms with E-state index in [1.165, 1.54) is 5.56 Å². The fourth-order valence-corrected chi connectivity index (χ4v) is 4.21. The van der Waals surface area contributed by atoms with Crippen LogP contribution in [0.1, 0.15) is 69.4 Å². The van der Waals surface area contributed by atoms with Crippen molar-refractivity contribution in [1.82, 2.24) is 19.5 Å². The lowest BCUT2D eigenvalue weighted by Gasteiger charge is -2.17. The molecule has 4 N–H and O–H groups in total. The van der Waals surface area contributed by atoms with Gasteiger partial charge in [-0.1, -0.05) is 26.0 Å². The highest BCUT2D eigenvalue weighted by molar-refractivity contribution is 5.78. The number of imidazole rings is 2. The number of H-pyrrole nitrogens is 2. The third kappa shape index (κ3) is 3.79. The number of benzene rings is 2. The number of hydrogen-bond donors (Lipinski definition) is 3. The summed E-state index contributed by atoms with van der Waals surface area (Å²) in [4.78, 5) is 23.9. The minimum Gasteiger partial charge on any atom is -0.341 e. The molecule has 0 radical (unpaired) electrons. The smallest absolute Gasteiger partial charge is 0.326 e. The van der Waals surface area contributed by atoms with Crippen molar-refractivity contribution in [1.29, 1.82) is 0 Å². The molecule has 0 saturated heterocycles. The van der Waals surface area contributed by atoms with Crippen molar-refractivity contribution in [3.63, 3.8) is 0 Å². The Hall–Kier alpha value is -2.86. The fourth-order valence-electron chi connectivity index (χ4n) is 4.21. The summed E-state index contributed by atoms with van der Waals surface area (Å²) < 4.78 is 1.80. The van der Waals surface area contributed by atoms with Crippen molar-refractivity contribution < 1.29 is 0 Å². The van der Waals surface area contributed by atoms with Crippen molar-refractivity contribution in [3.8, 4) is 0 Å². The Morgan fingerprint density at radius 3 is 2.50 bits per heavy atom. The highest BCUT2D eigenvalue weighted by atomic mass is 16.1. The average Bonchev–Trinajstić information content (AvgIpc) is 3.26. The van der Waals surface area contributed by atoms with Gasteiger partial charge in [0, 0.05) is 18.5 Å². The van der Waals surface area contributed by atoms with Crippen molar-refractivity contribution >= 4 is 22.1 Å². The lowest BCUT2D eigenvalue weighted by Crippen LogP contribution is -2.18. The topological polar surface area (TPSA) is 92.5 Å². The second-order valence-electron chi connectivity index (χ2n) is 8.87. The van der Waals surface area contributed by atoms with E-state index in [1.54, 1.807) is 4.57 Å². The van der Waals surface area contributed by atoms with Gasteiger partial charge in [-0.3, -0.25) is 4.57 Å². The normalized spacial score (nSPS) is 13.2. The van der Waals surface area contributed by atoms with Gasteiger partial charge in [0.05, 0.1) is 22.1 Å². The first kappa shape index (κ1) is 20.4. The predicted molar refractivity (Wildman–Crippen MR) is 123 cm³/mol. The SMILES string of the molecule is CC(C)CCC(c1ccc2c(c1)[nH]c(=O)n2C(C)C)c1nc2ccc(CN)cc2[nH]1. The van der Waals surface area contributed by atoms with E-state index in [0.717, 1.165) is 46.3 Å². The van der Waals surface area contributed by atoms with Gasteiger partial charge in [-0.15, -0.1) is 0 Å². The first-order valence-corrected chi connectivity index (χ1v) is 10.8. The molecule has 2 heterocycles. The van der Waals surface area contributed by atoms with E-state index >= 15 is 0 Å². The van der Waals surface area contributed by atoms with Gasteiger partial charge >= 0.3 is 5.69 Å². The largest absolute Gasteiger partial charge is 0.341 e. The Labute approximate surface area is 176 Å². The van der Waals surface area contributed by atoms with Crippen LogP contribution in [0, 0.1) is 5.92 Å². The average molecular weight is 406 g/mol. The number of aromatic amines is 2. The Bertz CT molecular complexity index is 1230. The molecule has 6 nitrogen and oxygen atoms in total. The van der Waals surface area contributed by atoms with E-state index in [1.807, 2.05) is 26.0 Å². The van der Waals surface area contributed by atoms with E-state index in [0.29, 0.717) is 12.5 Å². The summed E-state index contributed by atoms with van der Waals surface area (Å²) in [5.74, 6) is 1.70. The maximum atomic E-state index is 12.4. The molecule has 6 heteroatoms. The quantitative estimate of drug-likeness (QED) is 0.412. The molecule has 1 atom stereocenters. The van der Waals surface area contributed by atoms with Crippen LogP contribution >= 0.6 is 0 Å². The molecule has 4 rings (SSSR count). The summed E-state index contributed by atoms with van der Waals surface area (Å²) >= 11 is 0. The Kier molecular flexibility index (Phi) is 5.52. The molecule has 0 saturated carbocycles. The molecule has 0 amide bonds. The molecule has 0 spiro atoms. The van der Waals surface area contributed by atoms with Crippen LogP contribution in [-0.4, -0.2) is 19.5 Å². The zero-order chi connectivity index (χ0) is 21.4. The molecule has 0 aliphatic heterocycles. The molecule has 2 aromatic heterocycles. The molecule has 1 unspecified atom stereocenters. The third-order valence-electron chi connectivity index (χ3n) is 5.82. The summed E-state index contributed by atoms with van der Waals surface area (Å²) in [7, 11) is 0. The van der Waals surface area contributed by atoms with Gasteiger partial charge in [-0.2, -0.15) is 0 Å². The maximum Gasteiger partial charge on any atom is 0.326 e. The van der Waals surface area contributed by atoms with Gasteiger partial charge in [-0.25, -0.2) is 9.78 Å². The number of rotatable bonds is 7. The molecule has 0 fully saturated rings. The van der Waals surface area contributed by atoms with E-state index in [9.17, 15) is 4.79 Å². The summed E-state index contributed by atoms with van der Waals surface area (Å²) in [5, 5.41) is 0. The van der Waals surface area contributed by atoms with Crippen LogP contribution in [0.2, 0.25) is 0 Å². The van der Waals surface area contributed by atoms with E-state index in [4.69, 9.17) is 10.7 Å². The molecule has 0 bridgehead atoms. The molecular weight excluding hydrogens is 374 g/mol. The fraction of sp³-hybridized carbons (Fsp3) is 0.417. The maximum absolute atomic E-state index is 12.4. The Morgan fingerprint density at radius 1 is 1.00 bits per heavy atom. The molecular formula is C24H31N5O. The minimum atomic E-state index is -0.0612. The van der Waals surface area contributed by atoms with Gasteiger partial charge in [0.25, 0.3) is 0 Å². The van der Waals surface area contributed by atoms with E-state index in [-0.39, 0.29) is 17.6 Å². The van der Waals surface area contributed by atoms with E-state index < -0.39 is 0 Å². The lowest BCUT2D eigenvalue weighted by atomic mass is 9.90. The first-order chi connectivity index (χ1) is 14.4. The molecule has 2 aromatic carbocycles. The standard InChI is InChI=1S/C24H31N5O/c1-14(2)5-8-18(23-26-19-9-6-16(13-25)11-20(19)27-23)17-7-10-22-21(12-17)28-24(30)29(22)15(3)4/h6-7,9-12,14-15,18H,5,8,13,25H2,1-4H3,(H,26,27)(H,28,30). The van der Waals surface area contributed by atoms with Crippen molar-refractivity contribution in [2.24, 2.45) is 11.7 Å². The van der Waals surface area contributed by atoms with Crippen molar-refractivity contribution in [2.45, 2.75) is 59.0 Å². The van der Waals surface area contributed by atoms with Gasteiger partial charge in [0.15, 0.2) is 0 Å². The highest BCUT2D eigenvalue weighted by Crippen LogP contribution is 2.32. The van der Waals surface area contributed by atoms with Gasteiger partial charge in [0.1, 0.15) is 5.82 Å². The number of nitrogens with two attached hydrogens (primary N) is 1. The zero-order valence-electron chi connectivity index (χ0n) is 18.2. The predicted octanol–water partition coefficient (Wildman–Crippen LogP) is 4.81. The molecule has 30 heavy (non-hydrogen) atoms. The summed E-state index contributed by atoms with van der Waals surface area (Å²) in [6.45, 7) is 9.05. The summed E-state index contributed by atoms with van der Waals surface area (Å²) in [5.41, 5.74) is 11.8. The van der Waals surface area contributed by atoms with Crippen LogP contribution in [0.5, 0.6) is 0 Å². The summed E-state index contributed by atoms with van der Waals surface area (Å²) in [6, 6.07) is 12.6. The number of nitrogens with zero attached hydrogens (tertiary/aromatic N) is 2. The Balaban J connectivity index is 1.80. The van der Waals surface area contributed by atoms with E-state index in [2.05, 4.69) is 48.1 Å². The van der Waals surface area contributed by atoms with Gasteiger partial charge in [-0.05, 0) is 68.0 Å². The molecule has 0 aliphatic rings. The van der Waals surface area contributed by atoms with Crippen LogP contribution < -0.4 is 11.4 Å². The highest BCUT2D eigenvalue weighted by Gasteiger charge is 2.20. The Morgan fingerprint density at radius 2 is 1.80 bits per heavy atom. The van der Waals surface area contributed by atoms with Crippen LogP contribution in [-0.2, 0) is 6.54 Å². The number of fused-ring (bicyclic) bond motifs is 2. The second-order valence-corrected chi connectivity index (χ2v) is 8.87. The van der Waals surface area contributed by atoms with Gasteiger partial charge in [0.2, 0.25) is 0 Å². The van der Waals surface area contributed by atoms with Crippen molar-refractivity contribution in [3.05, 3.63) is 63.8 Å².